The zero-order valence-electron chi connectivity index (χ0n) is 15.5. The first-order valence-electron chi connectivity index (χ1n) is 8.84. The summed E-state index contributed by atoms with van der Waals surface area (Å²) in [5.41, 5.74) is 6.11. The molecule has 1 fully saturated rings. The first-order chi connectivity index (χ1) is 11.0. The molecule has 0 amide bonds. The maximum atomic E-state index is 4.89. The SMILES string of the molecule is CCN(C)/C(=N\N(C)NC1=CC=C(C)CC1)C1CCN(C)CC1. The Bertz CT molecular complexity index is 472. The maximum absolute atomic E-state index is 4.89. The van der Waals surface area contributed by atoms with E-state index >= 15 is 0 Å². The topological polar surface area (TPSA) is 34.1 Å². The molecule has 2 rings (SSSR count). The smallest absolute Gasteiger partial charge is 0.129 e. The highest BCUT2D eigenvalue weighted by Crippen LogP contribution is 2.20. The Labute approximate surface area is 141 Å². The zero-order valence-corrected chi connectivity index (χ0v) is 15.5. The number of hydrogen-bond donors (Lipinski definition) is 1. The predicted molar refractivity (Wildman–Crippen MR) is 97.9 cm³/mol. The number of rotatable bonds is 5. The molecule has 5 nitrogen and oxygen atoms in total. The summed E-state index contributed by atoms with van der Waals surface area (Å²) in [5.74, 6) is 1.77. The number of hydrazine groups is 1. The molecule has 0 atom stereocenters. The lowest BCUT2D eigenvalue weighted by Gasteiger charge is -2.34. The lowest BCUT2D eigenvalue weighted by atomic mass is 9.95. The lowest BCUT2D eigenvalue weighted by Crippen LogP contribution is -2.42. The second kappa shape index (κ2) is 8.39. The van der Waals surface area contributed by atoms with Gasteiger partial charge in [-0.2, -0.15) is 0 Å². The van der Waals surface area contributed by atoms with Gasteiger partial charge in [0.05, 0.1) is 0 Å². The van der Waals surface area contributed by atoms with Gasteiger partial charge in [-0.3, -0.25) is 5.43 Å². The standard InChI is InChI=1S/C18H33N5/c1-6-22(4)18(16-11-13-21(3)14-12-16)20-23(5)19-17-9-7-15(2)8-10-17/h7,9,16,19H,6,8,10-14H2,1-5H3/b20-18-. The summed E-state index contributed by atoms with van der Waals surface area (Å²) >= 11 is 0. The van der Waals surface area contributed by atoms with Crippen molar-refractivity contribution in [2.75, 3.05) is 40.8 Å². The zero-order chi connectivity index (χ0) is 16.8. The molecular formula is C18H33N5. The predicted octanol–water partition coefficient (Wildman–Crippen LogP) is 2.65. The monoisotopic (exact) mass is 319 g/mol. The Morgan fingerprint density at radius 1 is 1.26 bits per heavy atom. The molecule has 1 saturated heterocycles. The van der Waals surface area contributed by atoms with Crippen LogP contribution in [0.5, 0.6) is 0 Å². The Hall–Kier alpha value is -1.49. The van der Waals surface area contributed by atoms with Crippen molar-refractivity contribution in [3.63, 3.8) is 0 Å². The van der Waals surface area contributed by atoms with Crippen LogP contribution in [0.25, 0.3) is 0 Å². The maximum Gasteiger partial charge on any atom is 0.129 e. The number of nitrogens with zero attached hydrogens (tertiary/aromatic N) is 4. The van der Waals surface area contributed by atoms with Crippen LogP contribution in [-0.4, -0.2) is 61.5 Å². The minimum atomic E-state index is 0.558. The molecule has 0 aromatic heterocycles. The van der Waals surface area contributed by atoms with Crippen molar-refractivity contribution in [3.8, 4) is 0 Å². The Morgan fingerprint density at radius 3 is 2.52 bits per heavy atom. The molecular weight excluding hydrogens is 286 g/mol. The highest BCUT2D eigenvalue weighted by Gasteiger charge is 2.24. The molecule has 2 aliphatic rings. The fraction of sp³-hybridized carbons (Fsp3) is 0.722. The highest BCUT2D eigenvalue weighted by molar-refractivity contribution is 5.84. The van der Waals surface area contributed by atoms with Crippen LogP contribution in [0, 0.1) is 5.92 Å². The van der Waals surface area contributed by atoms with Gasteiger partial charge in [-0.15, -0.1) is 5.10 Å². The first kappa shape index (κ1) is 17.9. The molecule has 23 heavy (non-hydrogen) atoms. The van der Waals surface area contributed by atoms with Crippen LogP contribution in [0.1, 0.15) is 39.5 Å². The second-order valence-electron chi connectivity index (χ2n) is 6.89. The van der Waals surface area contributed by atoms with E-state index in [0.29, 0.717) is 5.92 Å². The van der Waals surface area contributed by atoms with Gasteiger partial charge in [0.25, 0.3) is 0 Å². The summed E-state index contributed by atoms with van der Waals surface area (Å²) < 4.78 is 0. The van der Waals surface area contributed by atoms with Gasteiger partial charge in [-0.1, -0.05) is 11.6 Å². The molecule has 1 aliphatic carbocycles. The van der Waals surface area contributed by atoms with Crippen LogP contribution in [-0.2, 0) is 0 Å². The van der Waals surface area contributed by atoms with Gasteiger partial charge < -0.3 is 9.80 Å². The minimum Gasteiger partial charge on any atom is -0.362 e. The summed E-state index contributed by atoms with van der Waals surface area (Å²) in [5, 5.41) is 6.78. The van der Waals surface area contributed by atoms with E-state index in [0.717, 1.165) is 32.5 Å². The van der Waals surface area contributed by atoms with E-state index in [1.165, 1.54) is 29.9 Å². The highest BCUT2D eigenvalue weighted by atomic mass is 15.7. The summed E-state index contributed by atoms with van der Waals surface area (Å²) in [4.78, 5) is 4.69. The van der Waals surface area contributed by atoms with Crippen molar-refractivity contribution in [2.45, 2.75) is 39.5 Å². The van der Waals surface area contributed by atoms with Crippen molar-refractivity contribution in [2.24, 2.45) is 11.0 Å². The number of allylic oxidation sites excluding steroid dienone is 4. The molecule has 1 heterocycles. The van der Waals surface area contributed by atoms with Gasteiger partial charge >= 0.3 is 0 Å². The molecule has 1 N–H and O–H groups in total. The fourth-order valence-electron chi connectivity index (χ4n) is 3.12. The molecule has 0 unspecified atom stereocenters. The van der Waals surface area contributed by atoms with Crippen molar-refractivity contribution < 1.29 is 0 Å². The molecule has 130 valence electrons. The van der Waals surface area contributed by atoms with E-state index in [9.17, 15) is 0 Å². The number of hydrazone groups is 1. The van der Waals surface area contributed by atoms with Gasteiger partial charge in [0.1, 0.15) is 5.84 Å². The molecule has 0 aromatic rings. The summed E-state index contributed by atoms with van der Waals surface area (Å²) in [7, 11) is 6.36. The van der Waals surface area contributed by atoms with Gasteiger partial charge in [-0.25, -0.2) is 5.12 Å². The molecule has 5 heteroatoms. The second-order valence-corrected chi connectivity index (χ2v) is 6.89. The van der Waals surface area contributed by atoms with Gasteiger partial charge in [0.2, 0.25) is 0 Å². The van der Waals surface area contributed by atoms with E-state index < -0.39 is 0 Å². The molecule has 1 aliphatic heterocycles. The van der Waals surface area contributed by atoms with Gasteiger partial charge in [0, 0.05) is 32.3 Å². The normalized spacial score (nSPS) is 20.8. The third kappa shape index (κ3) is 5.27. The van der Waals surface area contributed by atoms with Crippen molar-refractivity contribution >= 4 is 5.84 Å². The van der Waals surface area contributed by atoms with E-state index in [4.69, 9.17) is 5.10 Å². The Balaban J connectivity index is 2.03. The van der Waals surface area contributed by atoms with Crippen molar-refractivity contribution in [3.05, 3.63) is 23.4 Å². The van der Waals surface area contributed by atoms with E-state index in [-0.39, 0.29) is 0 Å². The number of amidine groups is 1. The molecule has 0 spiro atoms. The van der Waals surface area contributed by atoms with Crippen LogP contribution in [0.4, 0.5) is 0 Å². The molecule has 0 bridgehead atoms. The van der Waals surface area contributed by atoms with Gasteiger partial charge in [-0.05, 0) is 65.7 Å². The fourth-order valence-corrected chi connectivity index (χ4v) is 3.12. The van der Waals surface area contributed by atoms with Crippen LogP contribution in [0.2, 0.25) is 0 Å². The summed E-state index contributed by atoms with van der Waals surface area (Å²) in [6, 6.07) is 0. The molecule has 0 radical (unpaired) electrons. The lowest BCUT2D eigenvalue weighted by molar-refractivity contribution is 0.230. The number of nitrogens with one attached hydrogen (secondary N) is 1. The third-order valence-electron chi connectivity index (χ3n) is 4.86. The quantitative estimate of drug-likeness (QED) is 0.480. The van der Waals surface area contributed by atoms with E-state index in [2.05, 4.69) is 55.3 Å². The van der Waals surface area contributed by atoms with Crippen LogP contribution >= 0.6 is 0 Å². The Kier molecular flexibility index (Phi) is 6.51. The Morgan fingerprint density at radius 2 is 1.96 bits per heavy atom. The van der Waals surface area contributed by atoms with Crippen LogP contribution < -0.4 is 5.43 Å². The number of piperidine rings is 1. The van der Waals surface area contributed by atoms with Gasteiger partial charge in [0.15, 0.2) is 0 Å². The van der Waals surface area contributed by atoms with Crippen molar-refractivity contribution in [1.82, 2.24) is 20.3 Å². The molecule has 0 saturated carbocycles. The summed E-state index contributed by atoms with van der Waals surface area (Å²) in [6.45, 7) is 7.68. The minimum absolute atomic E-state index is 0.558. The first-order valence-corrected chi connectivity index (χ1v) is 8.84. The van der Waals surface area contributed by atoms with Crippen molar-refractivity contribution in [1.29, 1.82) is 0 Å². The number of hydrogen-bond acceptors (Lipinski definition) is 4. The summed E-state index contributed by atoms with van der Waals surface area (Å²) in [6.07, 6.45) is 8.95. The number of likely N-dealkylation sites (tertiary alicyclic amines) is 1. The third-order valence-corrected chi connectivity index (χ3v) is 4.86. The average molecular weight is 319 g/mol. The van der Waals surface area contributed by atoms with Crippen LogP contribution in [0.3, 0.4) is 0 Å². The van der Waals surface area contributed by atoms with E-state index in [1.54, 1.807) is 0 Å². The average Bonchev–Trinajstić information content (AvgIpc) is 2.55. The van der Waals surface area contributed by atoms with Crippen LogP contribution in [0.15, 0.2) is 28.5 Å². The largest absolute Gasteiger partial charge is 0.362 e. The molecule has 0 aromatic carbocycles. The van der Waals surface area contributed by atoms with E-state index in [1.807, 2.05) is 12.2 Å².